The maximum atomic E-state index is 13.3. The second-order valence-corrected chi connectivity index (χ2v) is 9.73. The predicted octanol–water partition coefficient (Wildman–Crippen LogP) is 3.44. The molecule has 1 atom stereocenters. The Morgan fingerprint density at radius 2 is 1.92 bits per heavy atom. The van der Waals surface area contributed by atoms with Crippen LogP contribution in [0.5, 0.6) is 6.01 Å². The predicted molar refractivity (Wildman–Crippen MR) is 138 cm³/mol. The van der Waals surface area contributed by atoms with Crippen LogP contribution < -0.4 is 15.4 Å². The summed E-state index contributed by atoms with van der Waals surface area (Å²) in [6.07, 6.45) is 6.16. The SMILES string of the molecule is CC(C)Oc1ncc(C(CNC(=O)c2cccc3nc(NCC4CC4)ccc23)N2CCOCC2)cn1. The molecule has 1 saturated carbocycles. The van der Waals surface area contributed by atoms with Crippen molar-refractivity contribution in [2.45, 2.75) is 38.8 Å². The van der Waals surface area contributed by atoms with Gasteiger partial charge in [-0.3, -0.25) is 9.69 Å². The first kappa shape index (κ1) is 24.4. The molecule has 190 valence electrons. The van der Waals surface area contributed by atoms with Crippen LogP contribution in [0.15, 0.2) is 42.7 Å². The fourth-order valence-corrected chi connectivity index (χ4v) is 4.42. The molecule has 3 aromatic rings. The number of anilines is 1. The van der Waals surface area contributed by atoms with Crippen LogP contribution in [-0.2, 0) is 4.74 Å². The van der Waals surface area contributed by atoms with Crippen molar-refractivity contribution < 1.29 is 14.3 Å². The van der Waals surface area contributed by atoms with E-state index in [-0.39, 0.29) is 18.1 Å². The van der Waals surface area contributed by atoms with Gasteiger partial charge in [0.2, 0.25) is 0 Å². The smallest absolute Gasteiger partial charge is 0.316 e. The zero-order valence-electron chi connectivity index (χ0n) is 20.9. The number of carbonyl (C=O) groups excluding carboxylic acids is 1. The van der Waals surface area contributed by atoms with E-state index in [1.54, 1.807) is 12.4 Å². The molecule has 1 aliphatic heterocycles. The quantitative estimate of drug-likeness (QED) is 0.446. The summed E-state index contributed by atoms with van der Waals surface area (Å²) in [6.45, 7) is 8.14. The Labute approximate surface area is 211 Å². The molecule has 1 unspecified atom stereocenters. The van der Waals surface area contributed by atoms with Gasteiger partial charge in [-0.25, -0.2) is 15.0 Å². The summed E-state index contributed by atoms with van der Waals surface area (Å²) in [7, 11) is 0. The number of fused-ring (bicyclic) bond motifs is 1. The van der Waals surface area contributed by atoms with Gasteiger partial charge in [-0.05, 0) is 56.9 Å². The number of nitrogens with zero attached hydrogens (tertiary/aromatic N) is 4. The fourth-order valence-electron chi connectivity index (χ4n) is 4.42. The number of carbonyl (C=O) groups is 1. The number of amides is 1. The van der Waals surface area contributed by atoms with Gasteiger partial charge in [0.05, 0.1) is 30.9 Å². The Bertz CT molecular complexity index is 1180. The minimum atomic E-state index is -0.125. The van der Waals surface area contributed by atoms with E-state index in [0.717, 1.165) is 47.8 Å². The lowest BCUT2D eigenvalue weighted by atomic mass is 10.1. The third-order valence-electron chi connectivity index (χ3n) is 6.56. The summed E-state index contributed by atoms with van der Waals surface area (Å²) >= 11 is 0. The van der Waals surface area contributed by atoms with E-state index in [1.165, 1.54) is 12.8 Å². The molecule has 2 aromatic heterocycles. The average molecular weight is 491 g/mol. The number of ether oxygens (including phenoxy) is 2. The van der Waals surface area contributed by atoms with Crippen LogP contribution in [0.3, 0.4) is 0 Å². The molecule has 0 bridgehead atoms. The number of aromatic nitrogens is 3. The summed E-state index contributed by atoms with van der Waals surface area (Å²) < 4.78 is 11.1. The van der Waals surface area contributed by atoms with Crippen molar-refractivity contribution in [3.63, 3.8) is 0 Å². The zero-order chi connectivity index (χ0) is 24.9. The van der Waals surface area contributed by atoms with Crippen LogP contribution in [0, 0.1) is 5.92 Å². The molecule has 5 rings (SSSR count). The molecule has 3 heterocycles. The van der Waals surface area contributed by atoms with Gasteiger partial charge in [-0.2, -0.15) is 0 Å². The first-order chi connectivity index (χ1) is 17.6. The molecule has 1 saturated heterocycles. The van der Waals surface area contributed by atoms with Gasteiger partial charge in [-0.15, -0.1) is 0 Å². The second kappa shape index (κ2) is 11.2. The molecule has 9 nitrogen and oxygen atoms in total. The van der Waals surface area contributed by atoms with Gasteiger partial charge < -0.3 is 20.1 Å². The van der Waals surface area contributed by atoms with Crippen LogP contribution >= 0.6 is 0 Å². The number of rotatable bonds is 10. The Morgan fingerprint density at radius 3 is 2.64 bits per heavy atom. The van der Waals surface area contributed by atoms with Gasteiger partial charge >= 0.3 is 6.01 Å². The number of hydrogen-bond donors (Lipinski definition) is 2. The van der Waals surface area contributed by atoms with E-state index in [0.29, 0.717) is 31.3 Å². The first-order valence-electron chi connectivity index (χ1n) is 12.8. The van der Waals surface area contributed by atoms with Crippen LogP contribution in [0.2, 0.25) is 0 Å². The third-order valence-corrected chi connectivity index (χ3v) is 6.56. The molecule has 36 heavy (non-hydrogen) atoms. The van der Waals surface area contributed by atoms with Crippen molar-refractivity contribution in [3.8, 4) is 6.01 Å². The molecular formula is C27H34N6O3. The number of morpholine rings is 1. The van der Waals surface area contributed by atoms with Crippen molar-refractivity contribution >= 4 is 22.6 Å². The van der Waals surface area contributed by atoms with E-state index in [9.17, 15) is 4.79 Å². The lowest BCUT2D eigenvalue weighted by Crippen LogP contribution is -2.44. The minimum absolute atomic E-state index is 0.00502. The maximum Gasteiger partial charge on any atom is 0.316 e. The lowest BCUT2D eigenvalue weighted by Gasteiger charge is -2.34. The molecule has 2 fully saturated rings. The van der Waals surface area contributed by atoms with Gasteiger partial charge in [0.1, 0.15) is 5.82 Å². The van der Waals surface area contributed by atoms with E-state index in [4.69, 9.17) is 14.5 Å². The summed E-state index contributed by atoms with van der Waals surface area (Å²) in [6, 6.07) is 9.90. The molecule has 0 spiro atoms. The summed E-state index contributed by atoms with van der Waals surface area (Å²) in [5.41, 5.74) is 2.35. The van der Waals surface area contributed by atoms with Crippen molar-refractivity contribution in [1.29, 1.82) is 0 Å². The summed E-state index contributed by atoms with van der Waals surface area (Å²) in [5, 5.41) is 7.39. The molecule has 9 heteroatoms. The first-order valence-corrected chi connectivity index (χ1v) is 12.8. The van der Waals surface area contributed by atoms with Crippen molar-refractivity contribution in [3.05, 3.63) is 53.9 Å². The maximum absolute atomic E-state index is 13.3. The average Bonchev–Trinajstić information content (AvgIpc) is 3.73. The fraction of sp³-hybridized carbons (Fsp3) is 0.481. The van der Waals surface area contributed by atoms with Gasteiger partial charge in [-0.1, -0.05) is 6.07 Å². The van der Waals surface area contributed by atoms with Crippen LogP contribution in [0.4, 0.5) is 5.82 Å². The molecule has 2 aliphatic rings. The largest absolute Gasteiger partial charge is 0.461 e. The third kappa shape index (κ3) is 6.09. The molecule has 1 aromatic carbocycles. The highest BCUT2D eigenvalue weighted by Gasteiger charge is 2.25. The zero-order valence-corrected chi connectivity index (χ0v) is 20.9. The van der Waals surface area contributed by atoms with Crippen LogP contribution in [0.25, 0.3) is 10.9 Å². The number of benzene rings is 1. The highest BCUT2D eigenvalue weighted by Crippen LogP contribution is 2.29. The Hall–Kier alpha value is -3.30. The molecule has 1 amide bonds. The normalized spacial score (nSPS) is 17.2. The molecular weight excluding hydrogens is 456 g/mol. The Kier molecular flexibility index (Phi) is 7.58. The molecule has 2 N–H and O–H groups in total. The topological polar surface area (TPSA) is 102 Å². The van der Waals surface area contributed by atoms with E-state index in [2.05, 4.69) is 25.5 Å². The van der Waals surface area contributed by atoms with E-state index < -0.39 is 0 Å². The highest BCUT2D eigenvalue weighted by molar-refractivity contribution is 6.06. The van der Waals surface area contributed by atoms with Crippen LogP contribution in [0.1, 0.15) is 48.7 Å². The van der Waals surface area contributed by atoms with E-state index >= 15 is 0 Å². The van der Waals surface area contributed by atoms with Crippen molar-refractivity contribution in [2.24, 2.45) is 5.92 Å². The van der Waals surface area contributed by atoms with Gasteiger partial charge in [0.15, 0.2) is 0 Å². The monoisotopic (exact) mass is 490 g/mol. The number of pyridine rings is 1. The second-order valence-electron chi connectivity index (χ2n) is 9.73. The minimum Gasteiger partial charge on any atom is -0.461 e. The Morgan fingerprint density at radius 1 is 1.14 bits per heavy atom. The van der Waals surface area contributed by atoms with Gasteiger partial charge in [0.25, 0.3) is 5.91 Å². The number of nitrogens with one attached hydrogen (secondary N) is 2. The van der Waals surface area contributed by atoms with Crippen molar-refractivity contribution in [1.82, 2.24) is 25.2 Å². The molecule has 0 radical (unpaired) electrons. The van der Waals surface area contributed by atoms with Gasteiger partial charge in [0, 0.05) is 55.1 Å². The lowest BCUT2D eigenvalue weighted by molar-refractivity contribution is 0.0160. The number of hydrogen-bond acceptors (Lipinski definition) is 8. The van der Waals surface area contributed by atoms with E-state index in [1.807, 2.05) is 44.2 Å². The summed E-state index contributed by atoms with van der Waals surface area (Å²) in [5.74, 6) is 1.49. The summed E-state index contributed by atoms with van der Waals surface area (Å²) in [4.78, 5) is 29.1. The van der Waals surface area contributed by atoms with Crippen molar-refractivity contribution in [2.75, 3.05) is 44.7 Å². The molecule has 1 aliphatic carbocycles. The van der Waals surface area contributed by atoms with Crippen LogP contribution in [-0.4, -0.2) is 71.3 Å². The Balaban J connectivity index is 1.30. The standard InChI is InChI=1S/C27H34N6O3/c1-18(2)36-27-30-15-20(16-31-27)24(33-10-12-35-13-11-33)17-29-26(34)22-4-3-5-23-21(22)8-9-25(32-23)28-14-19-6-7-19/h3-5,8-9,15-16,18-19,24H,6-7,10-14,17H2,1-2H3,(H,28,32)(H,29,34). The highest BCUT2D eigenvalue weighted by atomic mass is 16.5.